The van der Waals surface area contributed by atoms with Gasteiger partial charge in [0, 0.05) is 17.6 Å². The van der Waals surface area contributed by atoms with E-state index in [-0.39, 0.29) is 5.91 Å². The van der Waals surface area contributed by atoms with Crippen molar-refractivity contribution in [3.63, 3.8) is 0 Å². The summed E-state index contributed by atoms with van der Waals surface area (Å²) in [5.74, 6) is 1.21. The van der Waals surface area contributed by atoms with Gasteiger partial charge in [-0.05, 0) is 35.9 Å². The van der Waals surface area contributed by atoms with Gasteiger partial charge in [0.05, 0.1) is 6.54 Å². The standard InChI is InChI=1S/C16H13ClN4O2/c17-11-4-5-12-10(7-11)8-13(23-12)16(22)18-9-15-20-19-14-3-1-2-6-21(14)15/h1-7,13H,8-9H2,(H,18,22)/t13-/m0/s1. The molecule has 1 aromatic carbocycles. The van der Waals surface area contributed by atoms with Crippen molar-refractivity contribution < 1.29 is 9.53 Å². The van der Waals surface area contributed by atoms with Crippen LogP contribution in [-0.2, 0) is 17.8 Å². The number of halogens is 1. The van der Waals surface area contributed by atoms with Gasteiger partial charge >= 0.3 is 0 Å². The van der Waals surface area contributed by atoms with Crippen LogP contribution in [0.5, 0.6) is 5.75 Å². The van der Waals surface area contributed by atoms with Gasteiger partial charge in [0.25, 0.3) is 5.91 Å². The summed E-state index contributed by atoms with van der Waals surface area (Å²) in [7, 11) is 0. The fourth-order valence-electron chi connectivity index (χ4n) is 2.65. The maximum absolute atomic E-state index is 12.3. The Hall–Kier alpha value is -2.60. The smallest absolute Gasteiger partial charge is 0.261 e. The van der Waals surface area contributed by atoms with Crippen LogP contribution in [0.3, 0.4) is 0 Å². The number of nitrogens with zero attached hydrogens (tertiary/aromatic N) is 3. The first-order valence-electron chi connectivity index (χ1n) is 7.22. The lowest BCUT2D eigenvalue weighted by molar-refractivity contribution is -0.127. The third-order valence-electron chi connectivity index (χ3n) is 3.79. The number of benzene rings is 1. The van der Waals surface area contributed by atoms with Gasteiger partial charge in [-0.25, -0.2) is 0 Å². The SMILES string of the molecule is O=C(NCc1nnc2ccccn12)[C@@H]1Cc2cc(Cl)ccc2O1. The van der Waals surface area contributed by atoms with Crippen LogP contribution < -0.4 is 10.1 Å². The van der Waals surface area contributed by atoms with Crippen molar-refractivity contribution >= 4 is 23.2 Å². The molecule has 0 unspecified atom stereocenters. The Labute approximate surface area is 137 Å². The maximum atomic E-state index is 12.3. The van der Waals surface area contributed by atoms with E-state index in [0.29, 0.717) is 29.6 Å². The molecule has 23 heavy (non-hydrogen) atoms. The van der Waals surface area contributed by atoms with Crippen LogP contribution in [0.2, 0.25) is 5.02 Å². The Morgan fingerprint density at radius 3 is 3.17 bits per heavy atom. The highest BCUT2D eigenvalue weighted by Gasteiger charge is 2.29. The van der Waals surface area contributed by atoms with Crippen molar-refractivity contribution in [1.29, 1.82) is 0 Å². The van der Waals surface area contributed by atoms with Gasteiger partial charge in [-0.15, -0.1) is 10.2 Å². The Balaban J connectivity index is 1.43. The Morgan fingerprint density at radius 1 is 1.35 bits per heavy atom. The summed E-state index contributed by atoms with van der Waals surface area (Å²) in [4.78, 5) is 12.3. The van der Waals surface area contributed by atoms with Crippen molar-refractivity contribution in [2.24, 2.45) is 0 Å². The monoisotopic (exact) mass is 328 g/mol. The molecule has 0 aliphatic carbocycles. The van der Waals surface area contributed by atoms with Crippen LogP contribution in [0.1, 0.15) is 11.4 Å². The molecular formula is C16H13ClN4O2. The Kier molecular flexibility index (Phi) is 3.38. The van der Waals surface area contributed by atoms with Crippen LogP contribution in [-0.4, -0.2) is 26.6 Å². The highest BCUT2D eigenvalue weighted by atomic mass is 35.5. The van der Waals surface area contributed by atoms with Gasteiger partial charge < -0.3 is 10.1 Å². The number of nitrogens with one attached hydrogen (secondary N) is 1. The number of rotatable bonds is 3. The first-order chi connectivity index (χ1) is 11.2. The summed E-state index contributed by atoms with van der Waals surface area (Å²) in [6.45, 7) is 0.293. The third-order valence-corrected chi connectivity index (χ3v) is 4.03. The van der Waals surface area contributed by atoms with Crippen molar-refractivity contribution in [2.45, 2.75) is 19.1 Å². The second kappa shape index (κ2) is 5.55. The van der Waals surface area contributed by atoms with Crippen LogP contribution in [0.25, 0.3) is 5.65 Å². The molecule has 7 heteroatoms. The number of carbonyl (C=O) groups excluding carboxylic acids is 1. The van der Waals surface area contributed by atoms with Gasteiger partial charge in [-0.2, -0.15) is 0 Å². The fourth-order valence-corrected chi connectivity index (χ4v) is 2.85. The molecule has 116 valence electrons. The van der Waals surface area contributed by atoms with E-state index < -0.39 is 6.10 Å². The fraction of sp³-hybridized carbons (Fsp3) is 0.188. The summed E-state index contributed by atoms with van der Waals surface area (Å²) in [6.07, 6.45) is 1.84. The molecule has 0 radical (unpaired) electrons. The van der Waals surface area contributed by atoms with E-state index in [1.54, 1.807) is 12.1 Å². The molecule has 2 aromatic heterocycles. The molecule has 3 heterocycles. The van der Waals surface area contributed by atoms with E-state index >= 15 is 0 Å². The van der Waals surface area contributed by atoms with Gasteiger partial charge in [-0.1, -0.05) is 17.7 Å². The Bertz CT molecular complexity index is 893. The van der Waals surface area contributed by atoms with Gasteiger partial charge in [0.1, 0.15) is 5.75 Å². The highest BCUT2D eigenvalue weighted by molar-refractivity contribution is 6.30. The van der Waals surface area contributed by atoms with Crippen LogP contribution in [0, 0.1) is 0 Å². The van der Waals surface area contributed by atoms with Crippen molar-refractivity contribution in [2.75, 3.05) is 0 Å². The molecule has 1 amide bonds. The van der Waals surface area contributed by atoms with Crippen LogP contribution in [0.4, 0.5) is 0 Å². The van der Waals surface area contributed by atoms with Crippen LogP contribution >= 0.6 is 11.6 Å². The van der Waals surface area contributed by atoms with E-state index in [1.165, 1.54) is 0 Å². The molecule has 1 N–H and O–H groups in total. The normalized spacial score (nSPS) is 16.1. The van der Waals surface area contributed by atoms with E-state index in [2.05, 4.69) is 15.5 Å². The topological polar surface area (TPSA) is 68.5 Å². The molecule has 0 saturated carbocycles. The van der Waals surface area contributed by atoms with E-state index in [0.717, 1.165) is 11.2 Å². The number of carbonyl (C=O) groups is 1. The molecule has 1 aliphatic rings. The summed E-state index contributed by atoms with van der Waals surface area (Å²) >= 11 is 5.96. The number of ether oxygens (including phenoxy) is 1. The minimum Gasteiger partial charge on any atom is -0.480 e. The minimum atomic E-state index is -0.539. The molecule has 0 fully saturated rings. The molecule has 0 bridgehead atoms. The predicted octanol–water partition coefficient (Wildman–Crippen LogP) is 2.00. The molecule has 0 saturated heterocycles. The summed E-state index contributed by atoms with van der Waals surface area (Å²) in [5.41, 5.74) is 1.70. The van der Waals surface area contributed by atoms with E-state index in [1.807, 2.05) is 34.9 Å². The highest BCUT2D eigenvalue weighted by Crippen LogP contribution is 2.31. The average Bonchev–Trinajstić information content (AvgIpc) is 3.16. The summed E-state index contributed by atoms with van der Waals surface area (Å²) < 4.78 is 7.51. The number of pyridine rings is 1. The molecule has 0 spiro atoms. The molecule has 1 atom stereocenters. The van der Waals surface area contributed by atoms with E-state index in [9.17, 15) is 4.79 Å². The minimum absolute atomic E-state index is 0.176. The van der Waals surface area contributed by atoms with Crippen molar-refractivity contribution in [1.82, 2.24) is 19.9 Å². The van der Waals surface area contributed by atoms with Gasteiger partial charge in [-0.3, -0.25) is 9.20 Å². The maximum Gasteiger partial charge on any atom is 0.261 e. The lowest BCUT2D eigenvalue weighted by Gasteiger charge is -2.10. The largest absolute Gasteiger partial charge is 0.480 e. The second-order valence-electron chi connectivity index (χ2n) is 5.33. The molecular weight excluding hydrogens is 316 g/mol. The molecule has 4 rings (SSSR count). The lowest BCUT2D eigenvalue weighted by Crippen LogP contribution is -2.37. The number of hydrogen-bond acceptors (Lipinski definition) is 4. The van der Waals surface area contributed by atoms with Gasteiger partial charge in [0.2, 0.25) is 0 Å². The quantitative estimate of drug-likeness (QED) is 0.798. The third kappa shape index (κ3) is 2.61. The predicted molar refractivity (Wildman–Crippen MR) is 84.4 cm³/mol. The first kappa shape index (κ1) is 14.0. The molecule has 1 aliphatic heterocycles. The summed E-state index contributed by atoms with van der Waals surface area (Å²) in [5, 5.41) is 11.6. The van der Waals surface area contributed by atoms with Gasteiger partial charge in [0.15, 0.2) is 17.6 Å². The van der Waals surface area contributed by atoms with Crippen molar-refractivity contribution in [3.05, 3.63) is 59.0 Å². The zero-order chi connectivity index (χ0) is 15.8. The Morgan fingerprint density at radius 2 is 2.26 bits per heavy atom. The molecule has 6 nitrogen and oxygen atoms in total. The average molecular weight is 329 g/mol. The zero-order valence-electron chi connectivity index (χ0n) is 12.1. The number of fused-ring (bicyclic) bond motifs is 2. The summed E-state index contributed by atoms with van der Waals surface area (Å²) in [6, 6.07) is 11.0. The number of hydrogen-bond donors (Lipinski definition) is 1. The zero-order valence-corrected chi connectivity index (χ0v) is 12.8. The van der Waals surface area contributed by atoms with E-state index in [4.69, 9.17) is 16.3 Å². The van der Waals surface area contributed by atoms with Crippen molar-refractivity contribution in [3.8, 4) is 5.75 Å². The first-order valence-corrected chi connectivity index (χ1v) is 7.60. The number of aromatic nitrogens is 3. The number of amides is 1. The van der Waals surface area contributed by atoms with Crippen LogP contribution in [0.15, 0.2) is 42.6 Å². The lowest BCUT2D eigenvalue weighted by atomic mass is 10.1. The second-order valence-corrected chi connectivity index (χ2v) is 5.76. The molecule has 3 aromatic rings.